The Kier molecular flexibility index (Phi) is 12.2. The van der Waals surface area contributed by atoms with Gasteiger partial charge in [-0.05, 0) is 38.8 Å². The number of amides is 2. The number of ether oxygens (including phenoxy) is 4. The molecule has 0 saturated carbocycles. The highest BCUT2D eigenvalue weighted by Crippen LogP contribution is 2.40. The molecule has 2 bridgehead atoms. The number of rotatable bonds is 4. The number of hydrogen-bond acceptors (Lipinski definition) is 10. The number of nitrogen functional groups attached to an aromatic ring is 1. The van der Waals surface area contributed by atoms with E-state index in [-0.39, 0.29) is 40.4 Å². The Morgan fingerprint density at radius 3 is 2.33 bits per heavy atom. The first-order valence-corrected chi connectivity index (χ1v) is 13.2. The summed E-state index contributed by atoms with van der Waals surface area (Å²) in [5.41, 5.74) is 12.9. The van der Waals surface area contributed by atoms with Gasteiger partial charge in [-0.25, -0.2) is 4.79 Å². The Morgan fingerprint density at radius 1 is 1.10 bits per heavy atom. The SMILES string of the molecule is CO[C@H]1C=CC=C(C)C(=O)Nc2cc(O)c(N)c(c2O)C=C(C)C[C@H](OC)[C@H](OC(C)=O)[C@@H](C)C=C(C)[C@@H]1OC(N)=O. The molecule has 0 unspecified atom stereocenters. The fourth-order valence-electron chi connectivity index (χ4n) is 4.66. The highest BCUT2D eigenvalue weighted by molar-refractivity contribution is 6.05. The Hall–Kier alpha value is -4.29. The minimum atomic E-state index is -1.02. The molecule has 2 rings (SSSR count). The number of nitrogens with two attached hydrogens (primary N) is 2. The van der Waals surface area contributed by atoms with Crippen LogP contribution in [0, 0.1) is 5.92 Å². The number of phenols is 2. The largest absolute Gasteiger partial charge is 0.506 e. The second kappa shape index (κ2) is 15.1. The molecule has 0 spiro atoms. The van der Waals surface area contributed by atoms with E-state index in [1.807, 2.05) is 6.92 Å². The summed E-state index contributed by atoms with van der Waals surface area (Å²) in [7, 11) is 2.90. The summed E-state index contributed by atoms with van der Waals surface area (Å²) in [5, 5.41) is 24.0. The molecular formula is C30H41N3O9. The first-order chi connectivity index (χ1) is 19.7. The normalized spacial score (nSPS) is 24.1. The van der Waals surface area contributed by atoms with E-state index in [0.717, 1.165) is 6.07 Å². The molecule has 1 heterocycles. The molecule has 1 aliphatic rings. The number of esters is 1. The third kappa shape index (κ3) is 8.85. The fourth-order valence-corrected chi connectivity index (χ4v) is 4.66. The van der Waals surface area contributed by atoms with E-state index in [1.165, 1.54) is 27.2 Å². The van der Waals surface area contributed by atoms with E-state index in [0.29, 0.717) is 11.1 Å². The van der Waals surface area contributed by atoms with Gasteiger partial charge < -0.3 is 45.9 Å². The van der Waals surface area contributed by atoms with E-state index in [1.54, 1.807) is 45.1 Å². The predicted octanol–water partition coefficient (Wildman–Crippen LogP) is 3.94. The van der Waals surface area contributed by atoms with Gasteiger partial charge in [0.25, 0.3) is 5.91 Å². The van der Waals surface area contributed by atoms with Gasteiger partial charge in [-0.1, -0.05) is 36.8 Å². The molecule has 1 aromatic rings. The van der Waals surface area contributed by atoms with Crippen molar-refractivity contribution in [3.63, 3.8) is 0 Å². The van der Waals surface area contributed by atoms with Gasteiger partial charge in [0.2, 0.25) is 0 Å². The number of methoxy groups -OCH3 is 2. The minimum Gasteiger partial charge on any atom is -0.506 e. The molecule has 0 saturated heterocycles. The quantitative estimate of drug-likeness (QED) is 0.113. The van der Waals surface area contributed by atoms with Crippen LogP contribution in [0.4, 0.5) is 16.2 Å². The maximum atomic E-state index is 12.9. The number of phenolic OH excluding ortho intramolecular Hbond substituents is 2. The molecule has 0 aliphatic carbocycles. The molecule has 0 aromatic heterocycles. The number of allylic oxidation sites excluding steroid dienone is 2. The Morgan fingerprint density at radius 2 is 1.76 bits per heavy atom. The summed E-state index contributed by atoms with van der Waals surface area (Å²) in [6.07, 6.45) is 3.99. The highest BCUT2D eigenvalue weighted by atomic mass is 16.6. The van der Waals surface area contributed by atoms with Crippen LogP contribution in [0.1, 0.15) is 46.6 Å². The van der Waals surface area contributed by atoms with Crippen LogP contribution in [0.3, 0.4) is 0 Å². The van der Waals surface area contributed by atoms with Crippen molar-refractivity contribution in [2.24, 2.45) is 11.7 Å². The molecule has 1 aromatic carbocycles. The molecule has 42 heavy (non-hydrogen) atoms. The Balaban J connectivity index is 2.78. The number of hydrogen-bond donors (Lipinski definition) is 5. The van der Waals surface area contributed by atoms with Gasteiger partial charge in [-0.2, -0.15) is 0 Å². The molecule has 230 valence electrons. The number of carbonyl (C=O) groups is 3. The average Bonchev–Trinajstić information content (AvgIpc) is 2.91. The molecule has 1 aliphatic heterocycles. The van der Waals surface area contributed by atoms with Gasteiger partial charge in [0.1, 0.15) is 23.7 Å². The third-order valence-corrected chi connectivity index (χ3v) is 6.80. The zero-order valence-electron chi connectivity index (χ0n) is 25.0. The van der Waals surface area contributed by atoms with Gasteiger partial charge in [-0.3, -0.25) is 9.59 Å². The molecule has 5 atom stereocenters. The standard InChI is InChI=1S/C30H41N3O9/c1-15-11-20-25(31)22(35)14-21(26(20)36)33-29(37)16(2)9-8-10-23(39-6)27(42-30(32)38)17(3)13-18(4)28(41-19(5)34)24(12-15)40-7/h8-11,13-14,18,23-24,27-28,35-36H,12,31H2,1-7H3,(H2,32,38)(H,33,37)/t18-,23-,24-,27-,28+/m0/s1. The lowest BCUT2D eigenvalue weighted by atomic mass is 9.91. The number of carbonyl (C=O) groups excluding carboxylic acids is 3. The summed E-state index contributed by atoms with van der Waals surface area (Å²) >= 11 is 0. The van der Waals surface area contributed by atoms with Crippen molar-refractivity contribution in [2.75, 3.05) is 25.3 Å². The first-order valence-electron chi connectivity index (χ1n) is 13.2. The summed E-state index contributed by atoms with van der Waals surface area (Å²) in [6, 6.07) is 1.15. The fraction of sp³-hybridized carbons (Fsp3) is 0.433. The van der Waals surface area contributed by atoms with Gasteiger partial charge in [0.05, 0.1) is 17.5 Å². The number of primary amides is 1. The number of nitrogens with one attached hydrogen (secondary N) is 1. The van der Waals surface area contributed by atoms with E-state index in [4.69, 9.17) is 30.4 Å². The Bertz CT molecular complexity index is 1300. The molecule has 2 amide bonds. The van der Waals surface area contributed by atoms with Gasteiger partial charge in [0, 0.05) is 44.3 Å². The van der Waals surface area contributed by atoms with Crippen LogP contribution in [0.5, 0.6) is 11.5 Å². The maximum Gasteiger partial charge on any atom is 0.405 e. The van der Waals surface area contributed by atoms with Crippen LogP contribution >= 0.6 is 0 Å². The average molecular weight is 588 g/mol. The molecule has 7 N–H and O–H groups in total. The summed E-state index contributed by atoms with van der Waals surface area (Å²) in [4.78, 5) is 36.8. The van der Waals surface area contributed by atoms with E-state index in [9.17, 15) is 24.6 Å². The second-order valence-electron chi connectivity index (χ2n) is 10.2. The number of anilines is 2. The minimum absolute atomic E-state index is 0.0559. The lowest BCUT2D eigenvalue weighted by Crippen LogP contribution is -2.38. The molecule has 0 radical (unpaired) electrons. The van der Waals surface area contributed by atoms with Crippen LogP contribution in [-0.4, -0.2) is 66.8 Å². The van der Waals surface area contributed by atoms with Gasteiger partial charge in [-0.15, -0.1) is 0 Å². The van der Waals surface area contributed by atoms with Crippen LogP contribution in [-0.2, 0) is 28.5 Å². The predicted molar refractivity (Wildman–Crippen MR) is 159 cm³/mol. The zero-order chi connectivity index (χ0) is 31.7. The van der Waals surface area contributed by atoms with Crippen LogP contribution in [0.2, 0.25) is 0 Å². The smallest absolute Gasteiger partial charge is 0.405 e. The number of benzene rings is 1. The monoisotopic (exact) mass is 587 g/mol. The van der Waals surface area contributed by atoms with Crippen molar-refractivity contribution < 1.29 is 43.5 Å². The van der Waals surface area contributed by atoms with Crippen molar-refractivity contribution >= 4 is 35.4 Å². The van der Waals surface area contributed by atoms with Crippen LogP contribution in [0.25, 0.3) is 6.08 Å². The van der Waals surface area contributed by atoms with E-state index >= 15 is 0 Å². The summed E-state index contributed by atoms with van der Waals surface area (Å²) in [5.74, 6) is -2.21. The van der Waals surface area contributed by atoms with Crippen LogP contribution < -0.4 is 16.8 Å². The van der Waals surface area contributed by atoms with Crippen molar-refractivity contribution in [1.82, 2.24) is 0 Å². The lowest BCUT2D eigenvalue weighted by molar-refractivity contribution is -0.156. The molecule has 12 nitrogen and oxygen atoms in total. The molecule has 12 heteroatoms. The number of aromatic hydroxyl groups is 2. The van der Waals surface area contributed by atoms with Crippen molar-refractivity contribution in [1.29, 1.82) is 0 Å². The van der Waals surface area contributed by atoms with E-state index in [2.05, 4.69) is 5.32 Å². The Labute approximate surface area is 245 Å². The summed E-state index contributed by atoms with van der Waals surface area (Å²) in [6.45, 7) is 8.13. The van der Waals surface area contributed by atoms with Gasteiger partial charge >= 0.3 is 12.1 Å². The highest BCUT2D eigenvalue weighted by Gasteiger charge is 2.32. The first kappa shape index (κ1) is 33.9. The van der Waals surface area contributed by atoms with Crippen LogP contribution in [0.15, 0.2) is 47.1 Å². The van der Waals surface area contributed by atoms with E-state index < -0.39 is 48.3 Å². The van der Waals surface area contributed by atoms with Crippen molar-refractivity contribution in [3.05, 3.63) is 52.7 Å². The zero-order valence-corrected chi connectivity index (χ0v) is 25.0. The number of fused-ring (bicyclic) bond motifs is 2. The topological polar surface area (TPSA) is 193 Å². The summed E-state index contributed by atoms with van der Waals surface area (Å²) < 4.78 is 22.4. The van der Waals surface area contributed by atoms with Crippen molar-refractivity contribution in [2.45, 2.75) is 65.5 Å². The molecular weight excluding hydrogens is 546 g/mol. The van der Waals surface area contributed by atoms with Crippen molar-refractivity contribution in [3.8, 4) is 11.5 Å². The lowest BCUT2D eigenvalue weighted by Gasteiger charge is -2.31. The molecule has 0 fully saturated rings. The van der Waals surface area contributed by atoms with Gasteiger partial charge in [0.15, 0.2) is 6.10 Å². The maximum absolute atomic E-state index is 12.9. The second-order valence-corrected chi connectivity index (χ2v) is 10.2. The third-order valence-electron chi connectivity index (χ3n) is 6.80.